The van der Waals surface area contributed by atoms with Gasteiger partial charge in [-0.2, -0.15) is 17.0 Å². The Labute approximate surface area is 154 Å². The summed E-state index contributed by atoms with van der Waals surface area (Å²) in [7, 11) is 0. The molecule has 1 atom stereocenters. The molecule has 2 saturated heterocycles. The molecule has 4 aliphatic rings. The molecule has 0 aromatic rings. The van der Waals surface area contributed by atoms with Crippen LogP contribution in [0.2, 0.25) is 0 Å². The molecule has 3 aliphatic heterocycles. The lowest BCUT2D eigenvalue weighted by Gasteiger charge is -2.39. The fourth-order valence-electron chi connectivity index (χ4n) is 4.34. The van der Waals surface area contributed by atoms with Gasteiger partial charge < -0.3 is 9.80 Å². The maximum atomic E-state index is 9.08. The average Bonchev–Trinajstić information content (AvgIpc) is 2.97. The van der Waals surface area contributed by atoms with Gasteiger partial charge in [0.15, 0.2) is 0 Å². The van der Waals surface area contributed by atoms with Gasteiger partial charge in [0, 0.05) is 61.1 Å². The van der Waals surface area contributed by atoms with E-state index in [1.165, 1.54) is 17.0 Å². The zero-order chi connectivity index (χ0) is 17.3. The minimum absolute atomic E-state index is 0.0250. The molecular weight excluding hydrogens is 328 g/mol. The summed E-state index contributed by atoms with van der Waals surface area (Å²) >= 11 is 2.00. The summed E-state index contributed by atoms with van der Waals surface area (Å²) in [6, 6.07) is 2.20. The van der Waals surface area contributed by atoms with Gasteiger partial charge >= 0.3 is 0 Å². The lowest BCUT2D eigenvalue weighted by molar-refractivity contribution is 0.166. The second kappa shape index (κ2) is 6.86. The van der Waals surface area contributed by atoms with Gasteiger partial charge in [-0.05, 0) is 36.3 Å². The number of piperazine rings is 1. The van der Waals surface area contributed by atoms with Crippen molar-refractivity contribution in [2.45, 2.75) is 13.3 Å². The van der Waals surface area contributed by atoms with Crippen LogP contribution >= 0.6 is 11.8 Å². The van der Waals surface area contributed by atoms with Gasteiger partial charge in [0.2, 0.25) is 0 Å². The van der Waals surface area contributed by atoms with Gasteiger partial charge in [-0.3, -0.25) is 4.99 Å². The van der Waals surface area contributed by atoms with Crippen LogP contribution in [0.3, 0.4) is 0 Å². The Morgan fingerprint density at radius 3 is 2.88 bits per heavy atom. The van der Waals surface area contributed by atoms with Gasteiger partial charge in [-0.25, -0.2) is 0 Å². The smallest absolute Gasteiger partial charge is 0.0914 e. The van der Waals surface area contributed by atoms with Crippen molar-refractivity contribution in [1.29, 1.82) is 5.26 Å². The summed E-state index contributed by atoms with van der Waals surface area (Å²) in [4.78, 5) is 9.86. The van der Waals surface area contributed by atoms with E-state index in [9.17, 15) is 0 Å². The lowest BCUT2D eigenvalue weighted by atomic mass is 9.70. The predicted octanol–water partition coefficient (Wildman–Crippen LogP) is 2.99. The largest absolute Gasteiger partial charge is 0.369 e. The van der Waals surface area contributed by atoms with Crippen molar-refractivity contribution in [1.82, 2.24) is 9.80 Å². The fraction of sp³-hybridized carbons (Fsp3) is 0.500. The number of nitriles is 1. The van der Waals surface area contributed by atoms with E-state index in [-0.39, 0.29) is 5.41 Å². The molecule has 0 aromatic heterocycles. The summed E-state index contributed by atoms with van der Waals surface area (Å²) in [5.74, 6) is 2.13. The van der Waals surface area contributed by atoms with E-state index >= 15 is 0 Å². The Balaban J connectivity index is 1.72. The summed E-state index contributed by atoms with van der Waals surface area (Å²) in [6.45, 7) is 7.82. The highest BCUT2D eigenvalue weighted by molar-refractivity contribution is 7.99. The van der Waals surface area contributed by atoms with Crippen molar-refractivity contribution in [2.75, 3.05) is 44.2 Å². The number of hydrogen-bond donors (Lipinski definition) is 0. The van der Waals surface area contributed by atoms with Gasteiger partial charge in [0.1, 0.15) is 0 Å². The molecule has 0 bridgehead atoms. The SMILES string of the molecule is CCN1CCN(C2=C3CSCC34C/C(=C\C#N)C=CC4=NC=C2)CC1. The first-order chi connectivity index (χ1) is 12.3. The topological polar surface area (TPSA) is 42.6 Å². The molecule has 0 N–H and O–H groups in total. The number of likely N-dealkylation sites (N-methyl/N-ethyl adjacent to an activating group) is 1. The number of rotatable bonds is 2. The van der Waals surface area contributed by atoms with Crippen molar-refractivity contribution < 1.29 is 0 Å². The lowest BCUT2D eigenvalue weighted by Crippen LogP contribution is -2.46. The average molecular weight is 353 g/mol. The van der Waals surface area contributed by atoms with E-state index in [0.29, 0.717) is 0 Å². The minimum Gasteiger partial charge on any atom is -0.369 e. The number of thioether (sulfide) groups is 1. The molecule has 25 heavy (non-hydrogen) atoms. The highest BCUT2D eigenvalue weighted by Crippen LogP contribution is 2.51. The Morgan fingerprint density at radius 1 is 1.28 bits per heavy atom. The Hall–Kier alpha value is -1.77. The Bertz CT molecular complexity index is 744. The Kier molecular flexibility index (Phi) is 4.58. The van der Waals surface area contributed by atoms with Crippen molar-refractivity contribution in [3.8, 4) is 6.07 Å². The third-order valence-electron chi connectivity index (χ3n) is 5.79. The van der Waals surface area contributed by atoms with E-state index in [4.69, 9.17) is 10.3 Å². The maximum absolute atomic E-state index is 9.08. The summed E-state index contributed by atoms with van der Waals surface area (Å²) in [6.07, 6.45) is 11.0. The molecule has 4 rings (SSSR count). The normalized spacial score (nSPS) is 30.8. The van der Waals surface area contributed by atoms with Crippen LogP contribution in [0.4, 0.5) is 0 Å². The van der Waals surface area contributed by atoms with Crippen LogP contribution < -0.4 is 0 Å². The standard InChI is InChI=1S/C20H24N4S/c1-2-23-9-11-24(12-10-23)18-6-8-22-19-4-3-16(5-7-21)13-20(19)15-25-14-17(18)20/h3-6,8H,2,9-15H2,1H3/b16-5-. The van der Waals surface area contributed by atoms with Crippen LogP contribution in [-0.2, 0) is 0 Å². The molecule has 0 saturated carbocycles. The number of hydrogen-bond acceptors (Lipinski definition) is 5. The Morgan fingerprint density at radius 2 is 2.12 bits per heavy atom. The maximum Gasteiger partial charge on any atom is 0.0914 e. The minimum atomic E-state index is -0.0250. The molecule has 0 aromatic carbocycles. The van der Waals surface area contributed by atoms with Crippen molar-refractivity contribution in [3.63, 3.8) is 0 Å². The second-order valence-electron chi connectivity index (χ2n) is 7.05. The van der Waals surface area contributed by atoms with Crippen LogP contribution in [-0.4, -0.2) is 59.7 Å². The highest BCUT2D eigenvalue weighted by atomic mass is 32.2. The number of aliphatic imine (C=N–C) groups is 1. The third kappa shape index (κ3) is 2.88. The van der Waals surface area contributed by atoms with E-state index in [1.54, 1.807) is 6.08 Å². The monoisotopic (exact) mass is 352 g/mol. The van der Waals surface area contributed by atoms with Crippen LogP contribution in [0.5, 0.6) is 0 Å². The van der Waals surface area contributed by atoms with Gasteiger partial charge in [0.25, 0.3) is 0 Å². The molecule has 1 spiro atoms. The molecule has 5 heteroatoms. The molecule has 2 fully saturated rings. The van der Waals surface area contributed by atoms with Gasteiger partial charge in [-0.1, -0.05) is 13.0 Å². The third-order valence-corrected chi connectivity index (χ3v) is 6.98. The molecule has 1 unspecified atom stereocenters. The molecule has 4 nitrogen and oxygen atoms in total. The van der Waals surface area contributed by atoms with E-state index in [0.717, 1.165) is 56.2 Å². The van der Waals surface area contributed by atoms with Crippen molar-refractivity contribution >= 4 is 17.5 Å². The first kappa shape index (κ1) is 16.7. The zero-order valence-corrected chi connectivity index (χ0v) is 15.6. The van der Waals surface area contributed by atoms with Gasteiger partial charge in [0.05, 0.1) is 11.8 Å². The van der Waals surface area contributed by atoms with Gasteiger partial charge in [-0.15, -0.1) is 0 Å². The summed E-state index contributed by atoms with van der Waals surface area (Å²) in [5.41, 5.74) is 5.16. The molecule has 3 heterocycles. The van der Waals surface area contributed by atoms with Crippen molar-refractivity contribution in [2.24, 2.45) is 10.4 Å². The molecule has 1 aliphatic carbocycles. The first-order valence-corrected chi connectivity index (χ1v) is 10.2. The van der Waals surface area contributed by atoms with Crippen LogP contribution in [0.25, 0.3) is 0 Å². The van der Waals surface area contributed by atoms with Crippen LogP contribution in [0, 0.1) is 16.7 Å². The molecular formula is C20H24N4S. The van der Waals surface area contributed by atoms with E-state index in [2.05, 4.69) is 41.0 Å². The van der Waals surface area contributed by atoms with Crippen LogP contribution in [0.1, 0.15) is 13.3 Å². The quantitative estimate of drug-likeness (QED) is 0.717. The molecule has 0 amide bonds. The predicted molar refractivity (Wildman–Crippen MR) is 104 cm³/mol. The first-order valence-electron chi connectivity index (χ1n) is 9.07. The van der Waals surface area contributed by atoms with E-state index in [1.807, 2.05) is 18.0 Å². The van der Waals surface area contributed by atoms with Crippen LogP contribution in [0.15, 0.2) is 52.3 Å². The number of nitrogens with zero attached hydrogens (tertiary/aromatic N) is 4. The summed E-state index contributed by atoms with van der Waals surface area (Å²) in [5, 5.41) is 9.08. The number of allylic oxidation sites excluding steroid dienone is 5. The zero-order valence-electron chi connectivity index (χ0n) is 14.7. The van der Waals surface area contributed by atoms with Crippen molar-refractivity contribution in [3.05, 3.63) is 47.3 Å². The summed E-state index contributed by atoms with van der Waals surface area (Å²) < 4.78 is 0. The second-order valence-corrected chi connectivity index (χ2v) is 8.03. The van der Waals surface area contributed by atoms with E-state index < -0.39 is 0 Å². The fourth-order valence-corrected chi connectivity index (χ4v) is 5.84. The highest BCUT2D eigenvalue weighted by Gasteiger charge is 2.46. The molecule has 0 radical (unpaired) electrons. The molecule has 130 valence electrons.